The molecule has 6 nitrogen and oxygen atoms in total. The van der Waals surface area contributed by atoms with E-state index in [1.165, 1.54) is 0 Å². The molecule has 4 rings (SSSR count). The maximum absolute atomic E-state index is 12.4. The Morgan fingerprint density at radius 3 is 1.88 bits per heavy atom. The molecule has 1 aromatic carbocycles. The minimum atomic E-state index is -0.967. The fourth-order valence-electron chi connectivity index (χ4n) is 4.06. The van der Waals surface area contributed by atoms with Crippen LogP contribution in [0.4, 0.5) is 11.4 Å². The highest BCUT2D eigenvalue weighted by atomic mass is 16.8. The van der Waals surface area contributed by atoms with Crippen LogP contribution in [0.3, 0.4) is 0 Å². The molecule has 1 atom stereocenters. The number of quaternary nitrogens is 1. The summed E-state index contributed by atoms with van der Waals surface area (Å²) in [6.07, 6.45) is 4.81. The summed E-state index contributed by atoms with van der Waals surface area (Å²) < 4.78 is 0. The molecule has 2 aliphatic carbocycles. The molecule has 0 spiro atoms. The lowest BCUT2D eigenvalue weighted by Crippen LogP contribution is -2.99. The Morgan fingerprint density at radius 2 is 1.40 bits per heavy atom. The van der Waals surface area contributed by atoms with Crippen LogP contribution < -0.4 is 10.1 Å². The van der Waals surface area contributed by atoms with Gasteiger partial charge in [-0.15, -0.1) is 0 Å². The third-order valence-corrected chi connectivity index (χ3v) is 5.27. The van der Waals surface area contributed by atoms with Gasteiger partial charge < -0.3 is 10.1 Å². The number of hydrogen-bond donors (Lipinski definition) is 2. The van der Waals surface area contributed by atoms with E-state index in [4.69, 9.17) is 5.21 Å². The number of carbonyl (C=O) groups excluding carboxylic acids is 2. The maximum atomic E-state index is 12.4. The second kappa shape index (κ2) is 6.22. The van der Waals surface area contributed by atoms with Crippen LogP contribution in [0.5, 0.6) is 0 Å². The van der Waals surface area contributed by atoms with Gasteiger partial charge >= 0.3 is 0 Å². The van der Waals surface area contributed by atoms with Crippen molar-refractivity contribution in [3.8, 4) is 0 Å². The van der Waals surface area contributed by atoms with E-state index in [0.29, 0.717) is 19.3 Å². The van der Waals surface area contributed by atoms with Gasteiger partial charge in [-0.2, -0.15) is 5.23 Å². The molecule has 25 heavy (non-hydrogen) atoms. The number of nitrogens with zero attached hydrogens (tertiary/aromatic N) is 1. The summed E-state index contributed by atoms with van der Waals surface area (Å²) in [7, 11) is 0. The predicted octanol–water partition coefficient (Wildman–Crippen LogP) is 2.31. The summed E-state index contributed by atoms with van der Waals surface area (Å²) in [5.41, 5.74) is 4.57. The Hall–Kier alpha value is -2.28. The molecule has 0 bridgehead atoms. The van der Waals surface area contributed by atoms with Gasteiger partial charge in [0.15, 0.2) is 17.3 Å². The number of hydrogen-bond acceptors (Lipinski definition) is 5. The van der Waals surface area contributed by atoms with Crippen molar-refractivity contribution in [2.24, 2.45) is 0 Å². The zero-order valence-corrected chi connectivity index (χ0v) is 13.9. The molecule has 0 radical (unpaired) electrons. The molecule has 3 aliphatic rings. The van der Waals surface area contributed by atoms with Crippen molar-refractivity contribution in [1.82, 2.24) is 0 Å². The molecule has 0 amide bonds. The molecular formula is C19H20N2O4. The van der Waals surface area contributed by atoms with E-state index in [1.807, 2.05) is 4.90 Å². The van der Waals surface area contributed by atoms with E-state index in [0.717, 1.165) is 53.9 Å². The number of anilines is 1. The van der Waals surface area contributed by atoms with Crippen LogP contribution in [0.2, 0.25) is 0 Å². The first kappa shape index (κ1) is 16.2. The fourth-order valence-corrected chi connectivity index (χ4v) is 4.06. The van der Waals surface area contributed by atoms with Crippen LogP contribution in [0.1, 0.15) is 44.9 Å². The standard InChI is InChI=1S/C19H20N2O4/c22-18-5-1-3-16-14(18)11-15-17(4-2-6-19(15)23)20(16)12-7-9-13(10-8-12)21(24)25/h7-10,21,24H,1-6,11H2. The molecule has 0 fully saturated rings. The van der Waals surface area contributed by atoms with Gasteiger partial charge in [-0.25, -0.2) is 5.21 Å². The van der Waals surface area contributed by atoms with Crippen molar-refractivity contribution in [3.05, 3.63) is 52.0 Å². The monoisotopic (exact) mass is 340 g/mol. The summed E-state index contributed by atoms with van der Waals surface area (Å²) in [6, 6.07) is 6.68. The lowest BCUT2D eigenvalue weighted by Gasteiger charge is -2.40. The van der Waals surface area contributed by atoms with Gasteiger partial charge in [0.05, 0.1) is 0 Å². The largest absolute Gasteiger partial charge is 0.595 e. The van der Waals surface area contributed by atoms with E-state index in [2.05, 4.69) is 0 Å². The third kappa shape index (κ3) is 2.72. The molecule has 1 heterocycles. The summed E-state index contributed by atoms with van der Waals surface area (Å²) in [5.74, 6) is 0.275. The average Bonchev–Trinajstić information content (AvgIpc) is 2.61. The second-order valence-electron chi connectivity index (χ2n) is 6.77. The Kier molecular flexibility index (Phi) is 4.03. The Labute approximate surface area is 145 Å². The number of nitrogens with one attached hydrogen (secondary N) is 1. The van der Waals surface area contributed by atoms with Gasteiger partial charge in [-0.1, -0.05) is 0 Å². The van der Waals surface area contributed by atoms with Crippen molar-refractivity contribution in [3.63, 3.8) is 0 Å². The molecule has 1 aromatic rings. The average molecular weight is 340 g/mol. The van der Waals surface area contributed by atoms with Crippen molar-refractivity contribution in [2.45, 2.75) is 44.9 Å². The van der Waals surface area contributed by atoms with Gasteiger partial charge in [0.25, 0.3) is 0 Å². The molecule has 1 unspecified atom stereocenters. The Morgan fingerprint density at radius 1 is 0.880 bits per heavy atom. The first-order valence-electron chi connectivity index (χ1n) is 8.70. The van der Waals surface area contributed by atoms with Gasteiger partial charge in [-0.3, -0.25) is 9.59 Å². The number of Topliss-reactive ketones (excluding diaryl/α,β-unsaturated/α-hetero) is 2. The van der Waals surface area contributed by atoms with Crippen LogP contribution in [0, 0.1) is 5.21 Å². The van der Waals surface area contributed by atoms with Crippen LogP contribution in [-0.4, -0.2) is 16.8 Å². The molecular weight excluding hydrogens is 320 g/mol. The number of allylic oxidation sites excluding steroid dienone is 4. The minimum absolute atomic E-state index is 0.137. The highest BCUT2D eigenvalue weighted by Gasteiger charge is 2.36. The summed E-state index contributed by atoms with van der Waals surface area (Å²) in [4.78, 5) is 26.9. The zero-order valence-electron chi connectivity index (χ0n) is 13.9. The normalized spacial score (nSPS) is 22.1. The van der Waals surface area contributed by atoms with Gasteiger partial charge in [-0.05, 0) is 37.8 Å². The molecule has 130 valence electrons. The van der Waals surface area contributed by atoms with Gasteiger partial charge in [0.2, 0.25) is 0 Å². The van der Waals surface area contributed by atoms with E-state index in [9.17, 15) is 14.8 Å². The van der Waals surface area contributed by atoms with Crippen molar-refractivity contribution < 1.29 is 20.0 Å². The number of carbonyl (C=O) groups is 2. The van der Waals surface area contributed by atoms with E-state index >= 15 is 0 Å². The molecule has 2 N–H and O–H groups in total. The number of ketones is 2. The minimum Gasteiger partial charge on any atom is -0.595 e. The quantitative estimate of drug-likeness (QED) is 0.807. The summed E-state index contributed by atoms with van der Waals surface area (Å²) in [6.45, 7) is 0. The molecule has 0 aromatic heterocycles. The highest BCUT2D eigenvalue weighted by Crippen LogP contribution is 2.43. The fraction of sp³-hybridized carbons (Fsp3) is 0.368. The first-order chi connectivity index (χ1) is 12.1. The van der Waals surface area contributed by atoms with E-state index < -0.39 is 5.23 Å². The van der Waals surface area contributed by atoms with Crippen molar-refractivity contribution >= 4 is 22.9 Å². The molecule has 6 heteroatoms. The predicted molar refractivity (Wildman–Crippen MR) is 91.1 cm³/mol. The van der Waals surface area contributed by atoms with Crippen molar-refractivity contribution in [2.75, 3.05) is 4.90 Å². The maximum Gasteiger partial charge on any atom is 0.163 e. The van der Waals surface area contributed by atoms with Gasteiger partial charge in [0.1, 0.15) is 0 Å². The van der Waals surface area contributed by atoms with Crippen molar-refractivity contribution in [1.29, 1.82) is 0 Å². The van der Waals surface area contributed by atoms with Crippen LogP contribution >= 0.6 is 0 Å². The Bertz CT molecular complexity index is 763. The van der Waals surface area contributed by atoms with Gasteiger partial charge in [0, 0.05) is 59.6 Å². The molecule has 1 aliphatic heterocycles. The van der Waals surface area contributed by atoms with Crippen LogP contribution in [0.25, 0.3) is 0 Å². The molecule has 0 saturated heterocycles. The number of rotatable bonds is 2. The lowest BCUT2D eigenvalue weighted by molar-refractivity contribution is -0.991. The van der Waals surface area contributed by atoms with Crippen LogP contribution in [-0.2, 0) is 9.59 Å². The first-order valence-corrected chi connectivity index (χ1v) is 8.70. The Balaban J connectivity index is 1.83. The SMILES string of the molecule is O=C1CCCC2=C1CC1=C(CCCC1=O)N2c1ccc([NH+]([O-])O)cc1. The number of benzene rings is 1. The van der Waals surface area contributed by atoms with E-state index in [1.54, 1.807) is 24.3 Å². The zero-order chi connectivity index (χ0) is 17.6. The smallest absolute Gasteiger partial charge is 0.163 e. The lowest BCUT2D eigenvalue weighted by atomic mass is 9.80. The summed E-state index contributed by atoms with van der Waals surface area (Å²) in [5, 5.41) is 19.3. The summed E-state index contributed by atoms with van der Waals surface area (Å²) >= 11 is 0. The van der Waals surface area contributed by atoms with Crippen LogP contribution in [0.15, 0.2) is 46.8 Å². The second-order valence-corrected chi connectivity index (χ2v) is 6.77. The topological polar surface area (TPSA) is 85.1 Å². The molecule has 0 saturated carbocycles. The van der Waals surface area contributed by atoms with E-state index in [-0.39, 0.29) is 17.3 Å². The third-order valence-electron chi connectivity index (χ3n) is 5.27. The highest BCUT2D eigenvalue weighted by molar-refractivity contribution is 6.05.